The quantitative estimate of drug-likeness (QED) is 0.165. The molecule has 0 saturated carbocycles. The summed E-state index contributed by atoms with van der Waals surface area (Å²) in [5, 5.41) is 2.44. The molecule has 0 spiro atoms. The number of ether oxygens (including phenoxy) is 2. The molecule has 6 nitrogen and oxygen atoms in total. The third-order valence-electron chi connectivity index (χ3n) is 6.75. The van der Waals surface area contributed by atoms with Gasteiger partial charge in [-0.05, 0) is 60.3 Å². The number of carbonyl (C=O) groups excluding carboxylic acids is 1. The number of benzene rings is 3. The van der Waals surface area contributed by atoms with Gasteiger partial charge in [0.25, 0.3) is 5.56 Å². The first-order chi connectivity index (χ1) is 20.9. The largest absolute Gasteiger partial charge is 0.488 e. The number of hydrogen-bond acceptors (Lipinski definition) is 7. The molecule has 3 heterocycles. The van der Waals surface area contributed by atoms with Crippen LogP contribution in [0, 0.1) is 0 Å². The van der Waals surface area contributed by atoms with Crippen molar-refractivity contribution in [2.75, 3.05) is 6.61 Å². The van der Waals surface area contributed by atoms with E-state index < -0.39 is 12.0 Å². The number of halogens is 2. The number of thiophene rings is 1. The van der Waals surface area contributed by atoms with Crippen LogP contribution in [0.25, 0.3) is 11.8 Å². The van der Waals surface area contributed by atoms with E-state index in [0.717, 1.165) is 20.5 Å². The fraction of sp³-hybridized carbons (Fsp3) is 0.121. The summed E-state index contributed by atoms with van der Waals surface area (Å²) in [6.07, 6.45) is 1.77. The molecule has 1 aliphatic rings. The van der Waals surface area contributed by atoms with Crippen LogP contribution >= 0.6 is 50.2 Å². The van der Waals surface area contributed by atoms with Gasteiger partial charge in [-0.1, -0.05) is 87.4 Å². The molecule has 10 heteroatoms. The molecule has 0 saturated heterocycles. The summed E-state index contributed by atoms with van der Waals surface area (Å²) < 4.78 is 14.7. The summed E-state index contributed by atoms with van der Waals surface area (Å²) in [4.78, 5) is 33.9. The molecule has 6 rings (SSSR count). The molecular formula is C33H24BrClN2O4S2. The SMILES string of the molecule is CCOC(=O)C1=C(c2ccccc2)N=c2s/c(=C\c3cc(Cl)ccc3OCc3ccc(Br)cc3)c(=O)n2[C@H]1c1cccs1. The number of nitrogens with zero attached hydrogens (tertiary/aromatic N) is 2. The summed E-state index contributed by atoms with van der Waals surface area (Å²) in [5.74, 6) is 0.0846. The van der Waals surface area contributed by atoms with Gasteiger partial charge in [0.15, 0.2) is 4.80 Å². The fourth-order valence-corrected chi connectivity index (χ4v) is 7.06. The maximum Gasteiger partial charge on any atom is 0.338 e. The summed E-state index contributed by atoms with van der Waals surface area (Å²) in [5.41, 5.74) is 2.98. The summed E-state index contributed by atoms with van der Waals surface area (Å²) >= 11 is 12.6. The Morgan fingerprint density at radius 2 is 1.86 bits per heavy atom. The highest BCUT2D eigenvalue weighted by Crippen LogP contribution is 2.37. The van der Waals surface area contributed by atoms with Crippen molar-refractivity contribution in [3.63, 3.8) is 0 Å². The Hall–Kier alpha value is -3.76. The van der Waals surface area contributed by atoms with Crippen molar-refractivity contribution >= 4 is 67.9 Å². The highest BCUT2D eigenvalue weighted by atomic mass is 79.9. The maximum absolute atomic E-state index is 14.1. The van der Waals surface area contributed by atoms with E-state index >= 15 is 0 Å². The second-order valence-corrected chi connectivity index (χ2v) is 12.9. The van der Waals surface area contributed by atoms with Gasteiger partial charge in [0.1, 0.15) is 18.4 Å². The molecule has 43 heavy (non-hydrogen) atoms. The first-order valence-corrected chi connectivity index (χ1v) is 16.3. The zero-order valence-corrected chi connectivity index (χ0v) is 26.8. The predicted molar refractivity (Wildman–Crippen MR) is 175 cm³/mol. The Morgan fingerprint density at radius 1 is 1.07 bits per heavy atom. The standard InChI is InChI=1S/C33H24BrClN2O4S2/c1-2-40-32(39)28-29(21-7-4-3-5-8-21)36-33-37(30(28)26-9-6-16-42-26)31(38)27(43-33)18-22-17-24(35)14-15-25(22)41-19-20-10-12-23(34)13-11-20/h3-18,30H,2,19H2,1H3/b27-18-/t30-/m0/s1. The topological polar surface area (TPSA) is 69.9 Å². The van der Waals surface area contributed by atoms with Gasteiger partial charge in [0, 0.05) is 25.5 Å². The average Bonchev–Trinajstić information content (AvgIpc) is 3.66. The minimum atomic E-state index is -0.694. The molecule has 0 fully saturated rings. The second kappa shape index (κ2) is 12.9. The molecule has 3 aromatic carbocycles. The van der Waals surface area contributed by atoms with Crippen LogP contribution in [0.3, 0.4) is 0 Å². The van der Waals surface area contributed by atoms with E-state index in [2.05, 4.69) is 15.9 Å². The van der Waals surface area contributed by atoms with E-state index in [1.165, 1.54) is 22.7 Å². The normalized spacial score (nSPS) is 14.8. The first kappa shape index (κ1) is 29.3. The van der Waals surface area contributed by atoms with E-state index in [-0.39, 0.29) is 12.2 Å². The molecular weight excluding hydrogens is 668 g/mol. The summed E-state index contributed by atoms with van der Waals surface area (Å²) in [6, 6.07) is 25.8. The van der Waals surface area contributed by atoms with E-state index in [0.29, 0.717) is 43.5 Å². The highest BCUT2D eigenvalue weighted by Gasteiger charge is 2.35. The smallest absolute Gasteiger partial charge is 0.338 e. The van der Waals surface area contributed by atoms with Crippen LogP contribution in [-0.2, 0) is 16.1 Å². The molecule has 216 valence electrons. The van der Waals surface area contributed by atoms with Gasteiger partial charge < -0.3 is 9.47 Å². The molecule has 0 unspecified atom stereocenters. The van der Waals surface area contributed by atoms with Crippen LogP contribution in [0.4, 0.5) is 0 Å². The van der Waals surface area contributed by atoms with Gasteiger partial charge in [0.05, 0.1) is 22.4 Å². The monoisotopic (exact) mass is 690 g/mol. The van der Waals surface area contributed by atoms with E-state index in [4.69, 9.17) is 26.1 Å². The van der Waals surface area contributed by atoms with Crippen LogP contribution in [0.5, 0.6) is 5.75 Å². The van der Waals surface area contributed by atoms with E-state index in [1.807, 2.05) is 72.1 Å². The Kier molecular flexibility index (Phi) is 8.76. The van der Waals surface area contributed by atoms with Crippen LogP contribution < -0.4 is 19.6 Å². The zero-order valence-electron chi connectivity index (χ0n) is 22.8. The van der Waals surface area contributed by atoms with Crippen LogP contribution in [0.2, 0.25) is 5.02 Å². The van der Waals surface area contributed by atoms with Gasteiger partial charge in [-0.2, -0.15) is 0 Å². The Labute approximate surface area is 269 Å². The molecule has 0 aliphatic carbocycles. The van der Waals surface area contributed by atoms with Gasteiger partial charge in [-0.3, -0.25) is 9.36 Å². The van der Waals surface area contributed by atoms with Gasteiger partial charge in [-0.15, -0.1) is 11.3 Å². The second-order valence-electron chi connectivity index (χ2n) is 9.54. The molecule has 1 aliphatic heterocycles. The fourth-order valence-electron chi connectivity index (χ4n) is 4.80. The summed E-state index contributed by atoms with van der Waals surface area (Å²) in [6.45, 7) is 2.31. The van der Waals surface area contributed by atoms with Gasteiger partial charge in [0.2, 0.25) is 0 Å². The zero-order chi connectivity index (χ0) is 29.9. The van der Waals surface area contributed by atoms with Crippen molar-refractivity contribution in [3.8, 4) is 5.75 Å². The lowest BCUT2D eigenvalue weighted by Crippen LogP contribution is -2.39. The minimum absolute atomic E-state index is 0.198. The number of carbonyl (C=O) groups is 1. The highest BCUT2D eigenvalue weighted by molar-refractivity contribution is 9.10. The van der Waals surface area contributed by atoms with Gasteiger partial charge in [-0.25, -0.2) is 9.79 Å². The van der Waals surface area contributed by atoms with Crippen molar-refractivity contribution in [2.24, 2.45) is 4.99 Å². The molecule has 0 amide bonds. The van der Waals surface area contributed by atoms with Crippen molar-refractivity contribution in [2.45, 2.75) is 19.6 Å². The van der Waals surface area contributed by atoms with Crippen molar-refractivity contribution in [3.05, 3.63) is 147 Å². The lowest BCUT2D eigenvalue weighted by Gasteiger charge is -2.24. The van der Waals surface area contributed by atoms with E-state index in [9.17, 15) is 9.59 Å². The van der Waals surface area contributed by atoms with Gasteiger partial charge >= 0.3 is 5.97 Å². The number of esters is 1. The minimum Gasteiger partial charge on any atom is -0.488 e. The molecule has 0 bridgehead atoms. The Bertz CT molecular complexity index is 2000. The molecule has 2 aromatic heterocycles. The average molecular weight is 692 g/mol. The van der Waals surface area contributed by atoms with Crippen LogP contribution in [0.1, 0.15) is 34.5 Å². The lowest BCUT2D eigenvalue weighted by molar-refractivity contribution is -0.138. The first-order valence-electron chi connectivity index (χ1n) is 13.4. The Balaban J connectivity index is 1.51. The van der Waals surface area contributed by atoms with Crippen molar-refractivity contribution in [1.29, 1.82) is 0 Å². The van der Waals surface area contributed by atoms with Crippen molar-refractivity contribution < 1.29 is 14.3 Å². The predicted octanol–water partition coefficient (Wildman–Crippen LogP) is 6.99. The maximum atomic E-state index is 14.1. The van der Waals surface area contributed by atoms with E-state index in [1.54, 1.807) is 35.8 Å². The number of rotatable bonds is 8. The molecule has 0 N–H and O–H groups in total. The third-order valence-corrected chi connectivity index (χ3v) is 9.42. The lowest BCUT2D eigenvalue weighted by atomic mass is 9.97. The Morgan fingerprint density at radius 3 is 2.58 bits per heavy atom. The molecule has 1 atom stereocenters. The van der Waals surface area contributed by atoms with Crippen LogP contribution in [-0.4, -0.2) is 17.1 Å². The van der Waals surface area contributed by atoms with Crippen LogP contribution in [0.15, 0.2) is 110 Å². The summed E-state index contributed by atoms with van der Waals surface area (Å²) in [7, 11) is 0. The number of hydrogen-bond donors (Lipinski definition) is 0. The number of aromatic nitrogens is 1. The number of thiazole rings is 1. The third kappa shape index (κ3) is 6.17. The molecule has 0 radical (unpaired) electrons. The van der Waals surface area contributed by atoms with Crippen molar-refractivity contribution in [1.82, 2.24) is 4.57 Å². The number of fused-ring (bicyclic) bond motifs is 1. The molecule has 5 aromatic rings.